The number of hydrogen-bond acceptors (Lipinski definition) is 1. The first kappa shape index (κ1) is 23.2. The molecule has 2 nitrogen and oxygen atoms in total. The second-order valence-electron chi connectivity index (χ2n) is 7.93. The Morgan fingerprint density at radius 3 is 1.75 bits per heavy atom. The molecule has 1 N–H and O–H groups in total. The molecule has 0 aromatic heterocycles. The van der Waals surface area contributed by atoms with Crippen LogP contribution in [0.5, 0.6) is 0 Å². The first-order valence-corrected chi connectivity index (χ1v) is 10.4. The zero-order valence-electron chi connectivity index (χ0n) is 16.6. The molecule has 1 atom stereocenters. The van der Waals surface area contributed by atoms with Crippen LogP contribution >= 0.6 is 0 Å². The van der Waals surface area contributed by atoms with Crippen molar-refractivity contribution >= 4 is 5.97 Å². The third-order valence-electron chi connectivity index (χ3n) is 4.81. The third kappa shape index (κ3) is 19.3. The highest BCUT2D eigenvalue weighted by Gasteiger charge is 2.02. The van der Waals surface area contributed by atoms with Crippen LogP contribution in [0.2, 0.25) is 0 Å². The van der Waals surface area contributed by atoms with Crippen LogP contribution in [0.3, 0.4) is 0 Å². The summed E-state index contributed by atoms with van der Waals surface area (Å²) in [5.74, 6) is 0.942. The first-order chi connectivity index (χ1) is 11.5. The van der Waals surface area contributed by atoms with Gasteiger partial charge in [0.25, 0.3) is 0 Å². The minimum Gasteiger partial charge on any atom is -0.478 e. The van der Waals surface area contributed by atoms with Crippen molar-refractivity contribution in [2.24, 2.45) is 11.8 Å². The molecule has 0 saturated carbocycles. The number of carbonyl (C=O) groups is 1. The summed E-state index contributed by atoms with van der Waals surface area (Å²) in [6, 6.07) is 0. The molecule has 0 saturated heterocycles. The Bertz CT molecular complexity index is 307. The topological polar surface area (TPSA) is 37.3 Å². The molecule has 0 aromatic carbocycles. The van der Waals surface area contributed by atoms with Gasteiger partial charge in [-0.1, -0.05) is 104 Å². The molecule has 0 aliphatic rings. The van der Waals surface area contributed by atoms with Gasteiger partial charge in [0.15, 0.2) is 0 Å². The Morgan fingerprint density at radius 1 is 0.750 bits per heavy atom. The van der Waals surface area contributed by atoms with Gasteiger partial charge in [0.1, 0.15) is 0 Å². The van der Waals surface area contributed by atoms with Crippen LogP contribution in [0.4, 0.5) is 0 Å². The van der Waals surface area contributed by atoms with Crippen molar-refractivity contribution in [3.63, 3.8) is 0 Å². The maximum Gasteiger partial charge on any atom is 0.327 e. The van der Waals surface area contributed by atoms with Crippen molar-refractivity contribution < 1.29 is 9.90 Å². The van der Waals surface area contributed by atoms with Crippen LogP contribution in [-0.4, -0.2) is 11.1 Å². The number of carboxylic acids is 1. The molecule has 0 aromatic rings. The molecule has 0 radical (unpaired) electrons. The summed E-state index contributed by atoms with van der Waals surface area (Å²) in [7, 11) is 0. The Hall–Kier alpha value is -0.790. The van der Waals surface area contributed by atoms with E-state index >= 15 is 0 Å². The van der Waals surface area contributed by atoms with E-state index in [9.17, 15) is 4.79 Å². The lowest BCUT2D eigenvalue weighted by Gasteiger charge is -2.11. The summed E-state index contributed by atoms with van der Waals surface area (Å²) < 4.78 is 0. The molecule has 2 heteroatoms. The van der Waals surface area contributed by atoms with Crippen molar-refractivity contribution in [2.45, 2.75) is 111 Å². The van der Waals surface area contributed by atoms with Crippen LogP contribution in [0.25, 0.3) is 0 Å². The predicted octanol–water partition coefficient (Wildman–Crippen LogP) is 7.38. The standard InChI is InChI=1S/C22H42O2/c1-20(2)16-14-15-18-21(3)17-12-10-8-6-4-5-7-9-11-13-19-22(23)24/h13,19-21H,4-12,14-18H2,1-3H3,(H,23,24). The van der Waals surface area contributed by atoms with Crippen LogP contribution in [0.1, 0.15) is 111 Å². The van der Waals surface area contributed by atoms with E-state index in [1.807, 2.05) is 0 Å². The Kier molecular flexibility index (Phi) is 16.5. The van der Waals surface area contributed by atoms with Crippen molar-refractivity contribution in [3.05, 3.63) is 12.2 Å². The highest BCUT2D eigenvalue weighted by atomic mass is 16.4. The van der Waals surface area contributed by atoms with Crippen LogP contribution in [-0.2, 0) is 4.79 Å². The Morgan fingerprint density at radius 2 is 1.21 bits per heavy atom. The smallest absolute Gasteiger partial charge is 0.327 e. The van der Waals surface area contributed by atoms with Gasteiger partial charge >= 0.3 is 5.97 Å². The Balaban J connectivity index is 3.20. The molecule has 0 fully saturated rings. The quantitative estimate of drug-likeness (QED) is 0.222. The van der Waals surface area contributed by atoms with E-state index in [0.717, 1.165) is 24.7 Å². The van der Waals surface area contributed by atoms with Crippen molar-refractivity contribution in [1.82, 2.24) is 0 Å². The molecule has 0 spiro atoms. The van der Waals surface area contributed by atoms with Crippen molar-refractivity contribution in [3.8, 4) is 0 Å². The van der Waals surface area contributed by atoms with Crippen LogP contribution in [0, 0.1) is 11.8 Å². The van der Waals surface area contributed by atoms with Gasteiger partial charge in [-0.2, -0.15) is 0 Å². The second kappa shape index (κ2) is 17.0. The van der Waals surface area contributed by atoms with E-state index in [1.54, 1.807) is 6.08 Å². The SMILES string of the molecule is CC(C)CCCCC(C)CCCCCCCCCCC=CC(=O)O. The van der Waals surface area contributed by atoms with Crippen molar-refractivity contribution in [2.75, 3.05) is 0 Å². The summed E-state index contributed by atoms with van der Waals surface area (Å²) in [5.41, 5.74) is 0. The fraction of sp³-hybridized carbons (Fsp3) is 0.864. The van der Waals surface area contributed by atoms with Gasteiger partial charge in [0, 0.05) is 6.08 Å². The molecule has 0 aliphatic carbocycles. The van der Waals surface area contributed by atoms with Crippen LogP contribution < -0.4 is 0 Å². The molecule has 24 heavy (non-hydrogen) atoms. The number of unbranched alkanes of at least 4 members (excludes halogenated alkanes) is 9. The Labute approximate surface area is 151 Å². The van der Waals surface area contributed by atoms with E-state index in [2.05, 4.69) is 20.8 Å². The van der Waals surface area contributed by atoms with Gasteiger partial charge in [-0.25, -0.2) is 4.79 Å². The number of aliphatic carboxylic acids is 1. The third-order valence-corrected chi connectivity index (χ3v) is 4.81. The largest absolute Gasteiger partial charge is 0.478 e. The minimum absolute atomic E-state index is 0.833. The van der Waals surface area contributed by atoms with Crippen molar-refractivity contribution in [1.29, 1.82) is 0 Å². The highest BCUT2D eigenvalue weighted by Crippen LogP contribution is 2.19. The van der Waals surface area contributed by atoms with Gasteiger partial charge in [-0.15, -0.1) is 0 Å². The van der Waals surface area contributed by atoms with Gasteiger partial charge in [0.2, 0.25) is 0 Å². The van der Waals surface area contributed by atoms with Gasteiger partial charge < -0.3 is 5.11 Å². The van der Waals surface area contributed by atoms with E-state index in [0.29, 0.717) is 0 Å². The zero-order chi connectivity index (χ0) is 18.0. The number of hydrogen-bond donors (Lipinski definition) is 1. The first-order valence-electron chi connectivity index (χ1n) is 10.4. The molecule has 0 bridgehead atoms. The number of carboxylic acid groups (broad SMARTS) is 1. The monoisotopic (exact) mass is 338 g/mol. The molecule has 0 amide bonds. The van der Waals surface area contributed by atoms with E-state index in [1.165, 1.54) is 83.1 Å². The normalized spacial score (nSPS) is 13.0. The summed E-state index contributed by atoms with van der Waals surface area (Å²) >= 11 is 0. The average Bonchev–Trinajstić information content (AvgIpc) is 2.52. The van der Waals surface area contributed by atoms with E-state index in [-0.39, 0.29) is 0 Å². The number of allylic oxidation sites excluding steroid dienone is 1. The summed E-state index contributed by atoms with van der Waals surface area (Å²) in [5, 5.41) is 8.48. The lowest BCUT2D eigenvalue weighted by atomic mass is 9.95. The second-order valence-corrected chi connectivity index (χ2v) is 7.93. The summed E-state index contributed by atoms with van der Waals surface area (Å²) in [4.78, 5) is 10.3. The lowest BCUT2D eigenvalue weighted by molar-refractivity contribution is -0.131. The fourth-order valence-corrected chi connectivity index (χ4v) is 3.19. The van der Waals surface area contributed by atoms with Gasteiger partial charge in [0.05, 0.1) is 0 Å². The maximum atomic E-state index is 10.3. The number of rotatable bonds is 17. The summed E-state index contributed by atoms with van der Waals surface area (Å²) in [6.07, 6.45) is 21.5. The van der Waals surface area contributed by atoms with E-state index in [4.69, 9.17) is 5.11 Å². The zero-order valence-corrected chi connectivity index (χ0v) is 16.6. The van der Waals surface area contributed by atoms with Gasteiger partial charge in [-0.05, 0) is 24.7 Å². The molecule has 1 unspecified atom stereocenters. The molecule has 0 aliphatic heterocycles. The lowest BCUT2D eigenvalue weighted by Crippen LogP contribution is -1.96. The molecule has 142 valence electrons. The highest BCUT2D eigenvalue weighted by molar-refractivity contribution is 5.79. The predicted molar refractivity (Wildman–Crippen MR) is 105 cm³/mol. The van der Waals surface area contributed by atoms with Gasteiger partial charge in [-0.3, -0.25) is 0 Å². The molecule has 0 rings (SSSR count). The molecular weight excluding hydrogens is 296 g/mol. The molecular formula is C22H42O2. The average molecular weight is 339 g/mol. The fourth-order valence-electron chi connectivity index (χ4n) is 3.19. The molecule has 0 heterocycles. The van der Waals surface area contributed by atoms with Crippen LogP contribution in [0.15, 0.2) is 12.2 Å². The summed E-state index contributed by atoms with van der Waals surface area (Å²) in [6.45, 7) is 7.06. The minimum atomic E-state index is -0.833. The maximum absolute atomic E-state index is 10.3. The van der Waals surface area contributed by atoms with E-state index < -0.39 is 5.97 Å².